The van der Waals surface area contributed by atoms with E-state index >= 15 is 0 Å². The van der Waals surface area contributed by atoms with Crippen molar-refractivity contribution in [2.75, 3.05) is 5.73 Å². The summed E-state index contributed by atoms with van der Waals surface area (Å²) >= 11 is 1.94. The Morgan fingerprint density at radius 3 is 3.00 bits per heavy atom. The van der Waals surface area contributed by atoms with Crippen LogP contribution in [-0.4, -0.2) is 15.0 Å². The smallest absolute Gasteiger partial charge is 0.121 e. The fourth-order valence-electron chi connectivity index (χ4n) is 2.25. The Morgan fingerprint density at radius 2 is 2.29 bits per heavy atom. The first-order valence-corrected chi connectivity index (χ1v) is 6.61. The fraction of sp³-hybridized carbons (Fsp3) is 0.308. The third kappa shape index (κ3) is 1.72. The van der Waals surface area contributed by atoms with Gasteiger partial charge in [0, 0.05) is 28.8 Å². The zero-order valence-corrected chi connectivity index (χ0v) is 10.8. The van der Waals surface area contributed by atoms with Crippen LogP contribution in [0.4, 0.5) is 5.82 Å². The van der Waals surface area contributed by atoms with Gasteiger partial charge in [-0.15, -0.1) is 11.8 Å². The number of hydrogen-bond acceptors (Lipinski definition) is 3. The number of anilines is 1. The first kappa shape index (κ1) is 10.7. The molecule has 1 atom stereocenters. The molecule has 0 saturated heterocycles. The number of nitrogen functional groups attached to an aromatic ring is 1. The second kappa shape index (κ2) is 3.81. The van der Waals surface area contributed by atoms with Gasteiger partial charge in [-0.1, -0.05) is 25.1 Å². The lowest BCUT2D eigenvalue weighted by atomic mass is 10.1. The van der Waals surface area contributed by atoms with Crippen LogP contribution in [0.1, 0.15) is 12.5 Å². The van der Waals surface area contributed by atoms with Crippen LogP contribution in [0.15, 0.2) is 29.2 Å². The van der Waals surface area contributed by atoms with Crippen LogP contribution in [0.2, 0.25) is 0 Å². The Balaban J connectivity index is 2.13. The predicted octanol–water partition coefficient (Wildman–Crippen LogP) is 2.71. The summed E-state index contributed by atoms with van der Waals surface area (Å²) in [7, 11) is 1.87. The van der Waals surface area contributed by atoms with Crippen LogP contribution >= 0.6 is 11.8 Å². The first-order valence-electron chi connectivity index (χ1n) is 5.73. The first-order chi connectivity index (χ1) is 8.15. The average Bonchev–Trinajstić information content (AvgIpc) is 2.81. The molecule has 2 aromatic rings. The Hall–Kier alpha value is -1.42. The molecule has 2 N–H and O–H groups in total. The van der Waals surface area contributed by atoms with Crippen molar-refractivity contribution in [1.82, 2.24) is 9.78 Å². The lowest BCUT2D eigenvalue weighted by Gasteiger charge is -2.04. The van der Waals surface area contributed by atoms with E-state index in [1.807, 2.05) is 24.9 Å². The molecule has 3 rings (SSSR count). The number of rotatable bonds is 1. The van der Waals surface area contributed by atoms with Crippen LogP contribution in [0.25, 0.3) is 11.3 Å². The quantitative estimate of drug-likeness (QED) is 0.840. The molecule has 17 heavy (non-hydrogen) atoms. The standard InChI is InChI=1S/C13H15N3S/c1-8-6-9-4-3-5-10(13(9)17-8)11-7-12(14)16(2)15-11/h3-5,7-8H,6,14H2,1-2H3. The maximum atomic E-state index is 5.84. The third-order valence-electron chi connectivity index (χ3n) is 3.11. The average molecular weight is 245 g/mol. The summed E-state index contributed by atoms with van der Waals surface area (Å²) < 4.78 is 1.72. The number of aryl methyl sites for hydroxylation is 1. The number of hydrogen-bond donors (Lipinski definition) is 1. The highest BCUT2D eigenvalue weighted by atomic mass is 32.2. The number of benzene rings is 1. The molecular weight excluding hydrogens is 230 g/mol. The SMILES string of the molecule is CC1Cc2cccc(-c3cc(N)n(C)n3)c2S1. The van der Waals surface area contributed by atoms with Gasteiger partial charge in [0.15, 0.2) is 0 Å². The van der Waals surface area contributed by atoms with Gasteiger partial charge in [0.2, 0.25) is 0 Å². The molecule has 0 fully saturated rings. The Morgan fingerprint density at radius 1 is 1.47 bits per heavy atom. The van der Waals surface area contributed by atoms with Gasteiger partial charge in [-0.3, -0.25) is 4.68 Å². The molecule has 0 amide bonds. The van der Waals surface area contributed by atoms with Crippen molar-refractivity contribution >= 4 is 17.6 Å². The summed E-state index contributed by atoms with van der Waals surface area (Å²) in [6.45, 7) is 2.27. The zero-order valence-electron chi connectivity index (χ0n) is 9.97. The van der Waals surface area contributed by atoms with Crippen molar-refractivity contribution in [3.8, 4) is 11.3 Å². The minimum absolute atomic E-state index is 0.659. The highest BCUT2D eigenvalue weighted by Crippen LogP contribution is 2.42. The number of aromatic nitrogens is 2. The Bertz CT molecular complexity index is 555. The van der Waals surface area contributed by atoms with Crippen LogP contribution in [-0.2, 0) is 13.5 Å². The van der Waals surface area contributed by atoms with Crippen molar-refractivity contribution < 1.29 is 0 Å². The lowest BCUT2D eigenvalue weighted by molar-refractivity contribution is 0.781. The molecule has 1 aliphatic rings. The van der Waals surface area contributed by atoms with E-state index in [1.165, 1.54) is 16.0 Å². The molecule has 0 spiro atoms. The summed E-state index contributed by atoms with van der Waals surface area (Å²) in [6.07, 6.45) is 1.15. The minimum atomic E-state index is 0.659. The molecule has 0 radical (unpaired) electrons. The van der Waals surface area contributed by atoms with Crippen molar-refractivity contribution in [3.05, 3.63) is 29.8 Å². The molecule has 0 bridgehead atoms. The van der Waals surface area contributed by atoms with Crippen LogP contribution < -0.4 is 5.73 Å². The van der Waals surface area contributed by atoms with Crippen LogP contribution in [0.5, 0.6) is 0 Å². The van der Waals surface area contributed by atoms with Crippen LogP contribution in [0, 0.1) is 0 Å². The van der Waals surface area contributed by atoms with Gasteiger partial charge < -0.3 is 5.73 Å². The summed E-state index contributed by atoms with van der Waals surface area (Å²) in [5, 5.41) is 5.12. The number of thioether (sulfide) groups is 1. The van der Waals surface area contributed by atoms with E-state index in [-0.39, 0.29) is 0 Å². The molecule has 0 aliphatic carbocycles. The second-order valence-electron chi connectivity index (χ2n) is 4.50. The summed E-state index contributed by atoms with van der Waals surface area (Å²) in [6, 6.07) is 8.39. The molecule has 2 heterocycles. The van der Waals surface area contributed by atoms with Gasteiger partial charge in [-0.2, -0.15) is 5.10 Å². The maximum absolute atomic E-state index is 5.84. The maximum Gasteiger partial charge on any atom is 0.121 e. The van der Waals surface area contributed by atoms with Gasteiger partial charge in [-0.25, -0.2) is 0 Å². The number of fused-ring (bicyclic) bond motifs is 1. The van der Waals surface area contributed by atoms with Gasteiger partial charge in [0.25, 0.3) is 0 Å². The zero-order chi connectivity index (χ0) is 12.0. The van der Waals surface area contributed by atoms with Crippen LogP contribution in [0.3, 0.4) is 0 Å². The summed E-state index contributed by atoms with van der Waals surface area (Å²) in [5.41, 5.74) is 9.47. The monoisotopic (exact) mass is 245 g/mol. The molecule has 88 valence electrons. The van der Waals surface area contributed by atoms with E-state index < -0.39 is 0 Å². The van der Waals surface area contributed by atoms with Gasteiger partial charge in [0.1, 0.15) is 5.82 Å². The van der Waals surface area contributed by atoms with E-state index in [2.05, 4.69) is 30.2 Å². The molecular formula is C13H15N3S. The largest absolute Gasteiger partial charge is 0.384 e. The highest BCUT2D eigenvalue weighted by molar-refractivity contribution is 8.00. The molecule has 1 aromatic heterocycles. The molecule has 1 unspecified atom stereocenters. The summed E-state index contributed by atoms with van der Waals surface area (Å²) in [4.78, 5) is 1.37. The molecule has 4 heteroatoms. The molecule has 1 aliphatic heterocycles. The van der Waals surface area contributed by atoms with Crippen molar-refractivity contribution in [2.24, 2.45) is 7.05 Å². The Labute approximate surface area is 105 Å². The molecule has 1 aromatic carbocycles. The highest BCUT2D eigenvalue weighted by Gasteiger charge is 2.22. The van der Waals surface area contributed by atoms with Gasteiger partial charge >= 0.3 is 0 Å². The van der Waals surface area contributed by atoms with Gasteiger partial charge in [0.05, 0.1) is 5.69 Å². The van der Waals surface area contributed by atoms with E-state index in [9.17, 15) is 0 Å². The fourth-order valence-corrected chi connectivity index (χ4v) is 3.52. The summed E-state index contributed by atoms with van der Waals surface area (Å²) in [5.74, 6) is 0.702. The molecule has 3 nitrogen and oxygen atoms in total. The van der Waals surface area contributed by atoms with Crippen molar-refractivity contribution in [3.63, 3.8) is 0 Å². The number of nitrogens with two attached hydrogens (primary N) is 1. The van der Waals surface area contributed by atoms with E-state index in [0.717, 1.165) is 12.1 Å². The Kier molecular flexibility index (Phi) is 2.40. The third-order valence-corrected chi connectivity index (χ3v) is 4.40. The minimum Gasteiger partial charge on any atom is -0.384 e. The van der Waals surface area contributed by atoms with E-state index in [4.69, 9.17) is 5.73 Å². The normalized spacial score (nSPS) is 18.4. The van der Waals surface area contributed by atoms with Gasteiger partial charge in [-0.05, 0) is 12.0 Å². The predicted molar refractivity (Wildman–Crippen MR) is 72.1 cm³/mol. The second-order valence-corrected chi connectivity index (χ2v) is 5.95. The molecule has 0 saturated carbocycles. The number of nitrogens with zero attached hydrogens (tertiary/aromatic N) is 2. The van der Waals surface area contributed by atoms with E-state index in [1.54, 1.807) is 4.68 Å². The lowest BCUT2D eigenvalue weighted by Crippen LogP contribution is -1.96. The van der Waals surface area contributed by atoms with E-state index in [0.29, 0.717) is 11.1 Å². The van der Waals surface area contributed by atoms with Crippen molar-refractivity contribution in [2.45, 2.75) is 23.5 Å². The van der Waals surface area contributed by atoms with Crippen molar-refractivity contribution in [1.29, 1.82) is 0 Å². The topological polar surface area (TPSA) is 43.8 Å².